The van der Waals surface area contributed by atoms with Crippen LogP contribution < -0.4 is 14.8 Å². The van der Waals surface area contributed by atoms with Gasteiger partial charge in [-0.2, -0.15) is 0 Å². The zero-order valence-corrected chi connectivity index (χ0v) is 16.0. The minimum atomic E-state index is 0.206. The highest BCUT2D eigenvalue weighted by molar-refractivity contribution is 5.53. The molecule has 3 nitrogen and oxygen atoms in total. The maximum absolute atomic E-state index is 5.86. The third-order valence-corrected chi connectivity index (χ3v) is 5.05. The monoisotopic (exact) mass is 339 g/mol. The Kier molecular flexibility index (Phi) is 5.33. The summed E-state index contributed by atoms with van der Waals surface area (Å²) >= 11 is 0. The molecule has 134 valence electrons. The van der Waals surface area contributed by atoms with Gasteiger partial charge in [0.25, 0.3) is 0 Å². The van der Waals surface area contributed by atoms with Gasteiger partial charge in [-0.25, -0.2) is 0 Å². The van der Waals surface area contributed by atoms with Crippen molar-refractivity contribution in [2.24, 2.45) is 0 Å². The minimum Gasteiger partial charge on any atom is -0.490 e. The Labute approximate surface area is 151 Å². The van der Waals surface area contributed by atoms with E-state index < -0.39 is 0 Å². The van der Waals surface area contributed by atoms with Gasteiger partial charge in [0.1, 0.15) is 0 Å². The summed E-state index contributed by atoms with van der Waals surface area (Å²) in [5, 5.41) is 3.70. The van der Waals surface area contributed by atoms with Crippen LogP contribution in [0.2, 0.25) is 0 Å². The zero-order valence-electron chi connectivity index (χ0n) is 16.0. The van der Waals surface area contributed by atoms with Gasteiger partial charge in [0.2, 0.25) is 0 Å². The van der Waals surface area contributed by atoms with Crippen LogP contribution in [0.15, 0.2) is 24.3 Å². The topological polar surface area (TPSA) is 30.5 Å². The molecule has 1 atom stereocenters. The maximum atomic E-state index is 5.86. The molecule has 0 fully saturated rings. The Balaban J connectivity index is 2.09. The molecular weight excluding hydrogens is 310 g/mol. The largest absolute Gasteiger partial charge is 0.490 e. The first-order chi connectivity index (χ1) is 12.0. The summed E-state index contributed by atoms with van der Waals surface area (Å²) in [5.41, 5.74) is 8.04. The molecule has 0 aromatic heterocycles. The maximum Gasteiger partial charge on any atom is 0.161 e. The number of aryl methyl sites for hydroxylation is 3. The van der Waals surface area contributed by atoms with Gasteiger partial charge in [-0.05, 0) is 86.6 Å². The summed E-state index contributed by atoms with van der Waals surface area (Å²) in [6.07, 6.45) is 1.02. The SMILES string of the molecule is CCOc1cc2c(cc1OCC)C(c1cc(C)c(C)cc1C)NCC2. The molecule has 1 unspecified atom stereocenters. The molecule has 0 amide bonds. The van der Waals surface area contributed by atoms with E-state index in [1.54, 1.807) is 0 Å². The Bertz CT molecular complexity index is 767. The van der Waals surface area contributed by atoms with Crippen molar-refractivity contribution in [2.75, 3.05) is 19.8 Å². The fraction of sp³-hybridized carbons (Fsp3) is 0.455. The van der Waals surface area contributed by atoms with Gasteiger partial charge in [-0.3, -0.25) is 0 Å². The van der Waals surface area contributed by atoms with Crippen molar-refractivity contribution in [3.05, 3.63) is 57.6 Å². The van der Waals surface area contributed by atoms with Crippen LogP contribution in [0.25, 0.3) is 0 Å². The van der Waals surface area contributed by atoms with Crippen LogP contribution in [0.4, 0.5) is 0 Å². The highest BCUT2D eigenvalue weighted by Gasteiger charge is 2.25. The molecule has 0 radical (unpaired) electrons. The van der Waals surface area contributed by atoms with Crippen LogP contribution in [0.1, 0.15) is 53.3 Å². The number of rotatable bonds is 5. The molecule has 1 heterocycles. The van der Waals surface area contributed by atoms with E-state index in [4.69, 9.17) is 9.47 Å². The summed E-state index contributed by atoms with van der Waals surface area (Å²) in [5.74, 6) is 1.71. The highest BCUT2D eigenvalue weighted by Crippen LogP contribution is 2.38. The Hall–Kier alpha value is -2.00. The number of ether oxygens (including phenoxy) is 2. The van der Waals surface area contributed by atoms with E-state index in [-0.39, 0.29) is 6.04 Å². The average molecular weight is 339 g/mol. The van der Waals surface area contributed by atoms with E-state index in [9.17, 15) is 0 Å². The second kappa shape index (κ2) is 7.49. The standard InChI is InChI=1S/C22H29NO2/c1-6-24-20-12-17-8-9-23-22(19(17)13-21(20)25-7-2)18-11-15(4)14(3)10-16(18)5/h10-13,22-23H,6-9H2,1-5H3. The lowest BCUT2D eigenvalue weighted by atomic mass is 9.86. The van der Waals surface area contributed by atoms with Crippen molar-refractivity contribution in [3.8, 4) is 11.5 Å². The van der Waals surface area contributed by atoms with Gasteiger partial charge in [-0.15, -0.1) is 0 Å². The molecule has 1 N–H and O–H groups in total. The van der Waals surface area contributed by atoms with Crippen LogP contribution in [0, 0.1) is 20.8 Å². The van der Waals surface area contributed by atoms with Crippen molar-refractivity contribution in [2.45, 2.75) is 47.1 Å². The smallest absolute Gasteiger partial charge is 0.161 e. The number of nitrogens with one attached hydrogen (secondary N) is 1. The predicted molar refractivity (Wildman–Crippen MR) is 103 cm³/mol. The van der Waals surface area contributed by atoms with E-state index in [0.29, 0.717) is 13.2 Å². The fourth-order valence-electron chi connectivity index (χ4n) is 3.67. The third kappa shape index (κ3) is 3.52. The van der Waals surface area contributed by atoms with Gasteiger partial charge < -0.3 is 14.8 Å². The predicted octanol–water partition coefficient (Wildman–Crippen LogP) is 4.64. The average Bonchev–Trinajstić information content (AvgIpc) is 2.59. The molecule has 25 heavy (non-hydrogen) atoms. The highest BCUT2D eigenvalue weighted by atomic mass is 16.5. The van der Waals surface area contributed by atoms with E-state index in [1.165, 1.54) is 33.4 Å². The quantitative estimate of drug-likeness (QED) is 0.860. The second-order valence-corrected chi connectivity index (χ2v) is 6.79. The number of hydrogen-bond acceptors (Lipinski definition) is 3. The first kappa shape index (κ1) is 17.8. The molecule has 2 aromatic carbocycles. The lowest BCUT2D eigenvalue weighted by molar-refractivity contribution is 0.286. The Morgan fingerprint density at radius 1 is 0.840 bits per heavy atom. The lowest BCUT2D eigenvalue weighted by Crippen LogP contribution is -2.31. The summed E-state index contributed by atoms with van der Waals surface area (Å²) in [6.45, 7) is 12.9. The normalized spacial score (nSPS) is 16.4. The summed E-state index contributed by atoms with van der Waals surface area (Å²) < 4.78 is 11.7. The summed E-state index contributed by atoms with van der Waals surface area (Å²) in [7, 11) is 0. The summed E-state index contributed by atoms with van der Waals surface area (Å²) in [4.78, 5) is 0. The van der Waals surface area contributed by atoms with Crippen LogP contribution in [0.5, 0.6) is 11.5 Å². The summed E-state index contributed by atoms with van der Waals surface area (Å²) in [6, 6.07) is 9.17. The van der Waals surface area contributed by atoms with Crippen molar-refractivity contribution in [1.82, 2.24) is 5.32 Å². The van der Waals surface area contributed by atoms with Gasteiger partial charge in [0.15, 0.2) is 11.5 Å². The molecule has 3 heteroatoms. The molecule has 2 aromatic rings. The zero-order chi connectivity index (χ0) is 18.0. The van der Waals surface area contributed by atoms with Crippen molar-refractivity contribution < 1.29 is 9.47 Å². The van der Waals surface area contributed by atoms with Crippen LogP contribution in [-0.4, -0.2) is 19.8 Å². The molecular formula is C22H29NO2. The molecule has 0 aliphatic carbocycles. The van der Waals surface area contributed by atoms with Crippen LogP contribution >= 0.6 is 0 Å². The minimum absolute atomic E-state index is 0.206. The molecule has 0 spiro atoms. The molecule has 0 saturated carbocycles. The number of hydrogen-bond donors (Lipinski definition) is 1. The molecule has 1 aliphatic heterocycles. The van der Waals surface area contributed by atoms with E-state index in [0.717, 1.165) is 24.5 Å². The van der Waals surface area contributed by atoms with Crippen LogP contribution in [0.3, 0.4) is 0 Å². The van der Waals surface area contributed by atoms with Gasteiger partial charge in [0, 0.05) is 6.54 Å². The second-order valence-electron chi connectivity index (χ2n) is 6.79. The molecule has 1 aliphatic rings. The van der Waals surface area contributed by atoms with E-state index >= 15 is 0 Å². The fourth-order valence-corrected chi connectivity index (χ4v) is 3.67. The lowest BCUT2D eigenvalue weighted by Gasteiger charge is -2.30. The number of fused-ring (bicyclic) bond motifs is 1. The third-order valence-electron chi connectivity index (χ3n) is 5.05. The molecule has 0 bridgehead atoms. The van der Waals surface area contributed by atoms with Gasteiger partial charge in [0.05, 0.1) is 19.3 Å². The van der Waals surface area contributed by atoms with E-state index in [1.807, 2.05) is 13.8 Å². The van der Waals surface area contributed by atoms with Crippen molar-refractivity contribution in [3.63, 3.8) is 0 Å². The molecule has 0 saturated heterocycles. The van der Waals surface area contributed by atoms with E-state index in [2.05, 4.69) is 50.4 Å². The molecule has 3 rings (SSSR count). The van der Waals surface area contributed by atoms with Crippen molar-refractivity contribution >= 4 is 0 Å². The van der Waals surface area contributed by atoms with Crippen LogP contribution in [-0.2, 0) is 6.42 Å². The first-order valence-corrected chi connectivity index (χ1v) is 9.28. The Morgan fingerprint density at radius 2 is 1.48 bits per heavy atom. The van der Waals surface area contributed by atoms with Crippen molar-refractivity contribution in [1.29, 1.82) is 0 Å². The van der Waals surface area contributed by atoms with Gasteiger partial charge >= 0.3 is 0 Å². The first-order valence-electron chi connectivity index (χ1n) is 9.28. The number of benzene rings is 2. The Morgan fingerprint density at radius 3 is 2.16 bits per heavy atom. The van der Waals surface area contributed by atoms with Gasteiger partial charge in [-0.1, -0.05) is 12.1 Å².